The van der Waals surface area contributed by atoms with Gasteiger partial charge in [0, 0.05) is 24.7 Å². The van der Waals surface area contributed by atoms with Crippen LogP contribution in [0.4, 0.5) is 0 Å². The summed E-state index contributed by atoms with van der Waals surface area (Å²) in [5.41, 5.74) is 0. The van der Waals surface area contributed by atoms with Gasteiger partial charge in [-0.3, -0.25) is 5.10 Å². The summed E-state index contributed by atoms with van der Waals surface area (Å²) >= 11 is 5.74. The Balaban J connectivity index is 2.30. The monoisotopic (exact) mass is 249 g/mol. The number of hydrogen-bond donors (Lipinski definition) is 1. The van der Waals surface area contributed by atoms with Crippen molar-refractivity contribution in [3.8, 4) is 0 Å². The van der Waals surface area contributed by atoms with Gasteiger partial charge in [0.15, 0.2) is 0 Å². The molecule has 1 saturated heterocycles. The van der Waals surface area contributed by atoms with Crippen LogP contribution < -0.4 is 0 Å². The predicted molar refractivity (Wildman–Crippen MR) is 56.2 cm³/mol. The number of nitrogens with zero attached hydrogens (tertiary/aromatic N) is 2. The van der Waals surface area contributed by atoms with Crippen LogP contribution >= 0.6 is 11.6 Å². The van der Waals surface area contributed by atoms with Crippen LogP contribution in [0, 0.1) is 0 Å². The van der Waals surface area contributed by atoms with E-state index in [4.69, 9.17) is 11.6 Å². The molecular formula is C8H12ClN3O2S. The van der Waals surface area contributed by atoms with Crippen molar-refractivity contribution < 1.29 is 8.42 Å². The first kappa shape index (κ1) is 10.9. The Morgan fingerprint density at radius 3 is 3.07 bits per heavy atom. The molecule has 0 amide bonds. The second-order valence-electron chi connectivity index (χ2n) is 3.50. The number of nitrogens with one attached hydrogen (secondary N) is 1. The normalized spacial score (nSPS) is 23.4. The topological polar surface area (TPSA) is 66.1 Å². The smallest absolute Gasteiger partial charge is 0.246 e. The van der Waals surface area contributed by atoms with Crippen molar-refractivity contribution in [1.82, 2.24) is 14.5 Å². The molecule has 1 atom stereocenters. The van der Waals surface area contributed by atoms with Crippen LogP contribution in [-0.4, -0.2) is 41.4 Å². The number of H-pyrrole nitrogens is 1. The molecule has 0 saturated carbocycles. The molecule has 1 aliphatic heterocycles. The Bertz CT molecular complexity index is 417. The minimum absolute atomic E-state index is 0.0773. The van der Waals surface area contributed by atoms with Crippen LogP contribution in [-0.2, 0) is 10.0 Å². The van der Waals surface area contributed by atoms with E-state index in [2.05, 4.69) is 10.2 Å². The van der Waals surface area contributed by atoms with Crippen molar-refractivity contribution in [2.75, 3.05) is 12.4 Å². The van der Waals surface area contributed by atoms with Gasteiger partial charge in [0.25, 0.3) is 0 Å². The molecule has 7 heteroatoms. The minimum Gasteiger partial charge on any atom is -0.284 e. The molecule has 1 aromatic rings. The van der Waals surface area contributed by atoms with Gasteiger partial charge in [-0.1, -0.05) is 0 Å². The number of alkyl halides is 1. The zero-order valence-electron chi connectivity index (χ0n) is 8.06. The Morgan fingerprint density at radius 2 is 2.47 bits per heavy atom. The summed E-state index contributed by atoms with van der Waals surface area (Å²) in [7, 11) is -3.40. The Hall–Kier alpha value is -0.590. The maximum Gasteiger partial charge on any atom is 0.246 e. The highest BCUT2D eigenvalue weighted by molar-refractivity contribution is 7.89. The molecule has 0 radical (unpaired) electrons. The fraction of sp³-hybridized carbons (Fsp3) is 0.625. The molecule has 0 spiro atoms. The lowest BCUT2D eigenvalue weighted by Crippen LogP contribution is -2.36. The molecule has 1 N–H and O–H groups in total. The Kier molecular flexibility index (Phi) is 2.99. The van der Waals surface area contributed by atoms with E-state index in [9.17, 15) is 8.42 Å². The molecule has 5 nitrogen and oxygen atoms in total. The molecule has 0 aliphatic carbocycles. The predicted octanol–water partition coefficient (Wildman–Crippen LogP) is 0.802. The number of aromatic nitrogens is 2. The van der Waals surface area contributed by atoms with E-state index >= 15 is 0 Å². The standard InChI is InChI=1S/C8H12ClN3O2S/c9-4-7-2-1-3-12(7)15(13,14)8-5-10-11-6-8/h5-7H,1-4H2,(H,10,11). The first-order valence-corrected chi connectivity index (χ1v) is 6.70. The van der Waals surface area contributed by atoms with Crippen LogP contribution in [0.15, 0.2) is 17.3 Å². The van der Waals surface area contributed by atoms with Gasteiger partial charge < -0.3 is 0 Å². The summed E-state index contributed by atoms with van der Waals surface area (Å²) < 4.78 is 25.6. The van der Waals surface area contributed by atoms with Gasteiger partial charge in [-0.15, -0.1) is 11.6 Å². The van der Waals surface area contributed by atoms with Gasteiger partial charge in [0.2, 0.25) is 10.0 Å². The van der Waals surface area contributed by atoms with Crippen LogP contribution in [0.1, 0.15) is 12.8 Å². The zero-order chi connectivity index (χ0) is 10.9. The summed E-state index contributed by atoms with van der Waals surface area (Å²) in [6.45, 7) is 0.547. The lowest BCUT2D eigenvalue weighted by Gasteiger charge is -2.21. The largest absolute Gasteiger partial charge is 0.284 e. The number of sulfonamides is 1. The van der Waals surface area contributed by atoms with Gasteiger partial charge in [-0.2, -0.15) is 9.40 Å². The van der Waals surface area contributed by atoms with Crippen molar-refractivity contribution in [3.63, 3.8) is 0 Å². The average molecular weight is 250 g/mol. The van der Waals surface area contributed by atoms with Gasteiger partial charge in [0.1, 0.15) is 4.90 Å². The van der Waals surface area contributed by atoms with Gasteiger partial charge in [-0.05, 0) is 12.8 Å². The highest BCUT2D eigenvalue weighted by atomic mass is 35.5. The molecule has 1 unspecified atom stereocenters. The van der Waals surface area contributed by atoms with Crippen LogP contribution in [0.5, 0.6) is 0 Å². The Labute approximate surface area is 93.5 Å². The Morgan fingerprint density at radius 1 is 1.67 bits per heavy atom. The van der Waals surface area contributed by atoms with Crippen LogP contribution in [0.3, 0.4) is 0 Å². The van der Waals surface area contributed by atoms with E-state index in [-0.39, 0.29) is 10.9 Å². The molecule has 15 heavy (non-hydrogen) atoms. The lowest BCUT2D eigenvalue weighted by molar-refractivity contribution is 0.411. The van der Waals surface area contributed by atoms with E-state index in [1.807, 2.05) is 0 Å². The second kappa shape index (κ2) is 4.11. The van der Waals surface area contributed by atoms with Crippen molar-refractivity contribution in [2.45, 2.75) is 23.8 Å². The summed E-state index contributed by atoms with van der Waals surface area (Å²) in [4.78, 5) is 0.208. The van der Waals surface area contributed by atoms with Crippen molar-refractivity contribution >= 4 is 21.6 Å². The molecule has 0 bridgehead atoms. The summed E-state index contributed by atoms with van der Waals surface area (Å²) in [5.74, 6) is 0.344. The van der Waals surface area contributed by atoms with E-state index in [1.54, 1.807) is 0 Å². The summed E-state index contributed by atoms with van der Waals surface area (Å²) in [6, 6.07) is -0.0773. The van der Waals surface area contributed by atoms with E-state index in [0.717, 1.165) is 12.8 Å². The van der Waals surface area contributed by atoms with E-state index < -0.39 is 10.0 Å². The second-order valence-corrected chi connectivity index (χ2v) is 5.70. The first-order valence-electron chi connectivity index (χ1n) is 4.73. The lowest BCUT2D eigenvalue weighted by atomic mass is 10.3. The molecule has 2 heterocycles. The molecule has 84 valence electrons. The third-order valence-electron chi connectivity index (χ3n) is 2.58. The number of halogens is 1. The number of aromatic amines is 1. The van der Waals surface area contributed by atoms with Crippen molar-refractivity contribution in [2.24, 2.45) is 0 Å². The van der Waals surface area contributed by atoms with Crippen LogP contribution in [0.2, 0.25) is 0 Å². The SMILES string of the molecule is O=S(=O)(c1cn[nH]c1)N1CCCC1CCl. The third-order valence-corrected chi connectivity index (χ3v) is 4.85. The molecule has 1 fully saturated rings. The minimum atomic E-state index is -3.40. The van der Waals surface area contributed by atoms with Gasteiger partial charge in [-0.25, -0.2) is 8.42 Å². The molecular weight excluding hydrogens is 238 g/mol. The van der Waals surface area contributed by atoms with E-state index in [0.29, 0.717) is 12.4 Å². The van der Waals surface area contributed by atoms with Gasteiger partial charge in [0.05, 0.1) is 6.20 Å². The van der Waals surface area contributed by atoms with Crippen LogP contribution in [0.25, 0.3) is 0 Å². The zero-order valence-corrected chi connectivity index (χ0v) is 9.63. The number of rotatable bonds is 3. The van der Waals surface area contributed by atoms with Crippen molar-refractivity contribution in [1.29, 1.82) is 0 Å². The fourth-order valence-corrected chi connectivity index (χ4v) is 3.80. The quantitative estimate of drug-likeness (QED) is 0.806. The summed E-state index contributed by atoms with van der Waals surface area (Å²) in [5, 5.41) is 6.15. The number of hydrogen-bond acceptors (Lipinski definition) is 3. The third kappa shape index (κ3) is 1.89. The average Bonchev–Trinajstić information content (AvgIpc) is 2.89. The maximum absolute atomic E-state index is 12.1. The molecule has 1 aliphatic rings. The molecule has 0 aromatic carbocycles. The highest BCUT2D eigenvalue weighted by Crippen LogP contribution is 2.25. The van der Waals surface area contributed by atoms with E-state index in [1.165, 1.54) is 16.7 Å². The fourth-order valence-electron chi connectivity index (χ4n) is 1.80. The van der Waals surface area contributed by atoms with Crippen molar-refractivity contribution in [3.05, 3.63) is 12.4 Å². The molecule has 2 rings (SSSR count). The summed E-state index contributed by atoms with van der Waals surface area (Å²) in [6.07, 6.45) is 4.41. The maximum atomic E-state index is 12.1. The first-order chi connectivity index (χ1) is 7.16. The molecule has 1 aromatic heterocycles. The highest BCUT2D eigenvalue weighted by Gasteiger charge is 2.35. The van der Waals surface area contributed by atoms with Gasteiger partial charge >= 0.3 is 0 Å².